The van der Waals surface area contributed by atoms with Crippen molar-refractivity contribution in [3.05, 3.63) is 28.2 Å². The SMILES string of the molecule is CN=C(NCC(=O)Nc1cc(Br)ccc1C)NC(C)CCS(C)(=O)=O. The van der Waals surface area contributed by atoms with Crippen molar-refractivity contribution in [3.8, 4) is 0 Å². The van der Waals surface area contributed by atoms with Gasteiger partial charge >= 0.3 is 0 Å². The number of amides is 1. The fraction of sp³-hybridized carbons (Fsp3) is 0.500. The van der Waals surface area contributed by atoms with Crippen LogP contribution in [-0.4, -0.2) is 51.9 Å². The molecule has 1 amide bonds. The maximum absolute atomic E-state index is 12.1. The molecule has 0 bridgehead atoms. The van der Waals surface area contributed by atoms with Crippen molar-refractivity contribution in [3.63, 3.8) is 0 Å². The number of carbonyl (C=O) groups is 1. The van der Waals surface area contributed by atoms with E-state index in [4.69, 9.17) is 0 Å². The van der Waals surface area contributed by atoms with Gasteiger partial charge in [-0.3, -0.25) is 9.79 Å². The highest BCUT2D eigenvalue weighted by atomic mass is 79.9. The summed E-state index contributed by atoms with van der Waals surface area (Å²) in [5, 5.41) is 8.82. The van der Waals surface area contributed by atoms with E-state index in [-0.39, 0.29) is 24.2 Å². The maximum Gasteiger partial charge on any atom is 0.243 e. The molecule has 9 heteroatoms. The summed E-state index contributed by atoms with van der Waals surface area (Å²) in [5.41, 5.74) is 1.71. The first-order valence-corrected chi connectivity index (χ1v) is 10.7. The molecule has 0 saturated carbocycles. The highest BCUT2D eigenvalue weighted by molar-refractivity contribution is 9.10. The van der Waals surface area contributed by atoms with Gasteiger partial charge in [-0.2, -0.15) is 0 Å². The lowest BCUT2D eigenvalue weighted by atomic mass is 10.2. The van der Waals surface area contributed by atoms with E-state index in [0.29, 0.717) is 12.4 Å². The van der Waals surface area contributed by atoms with Gasteiger partial charge in [0.2, 0.25) is 5.91 Å². The van der Waals surface area contributed by atoms with Crippen molar-refractivity contribution in [1.29, 1.82) is 0 Å². The van der Waals surface area contributed by atoms with Crippen LogP contribution in [0, 0.1) is 6.92 Å². The summed E-state index contributed by atoms with van der Waals surface area (Å²) in [6.07, 6.45) is 1.67. The molecule has 3 N–H and O–H groups in total. The molecule has 1 aromatic carbocycles. The van der Waals surface area contributed by atoms with Gasteiger partial charge in [-0.05, 0) is 38.0 Å². The van der Waals surface area contributed by atoms with Gasteiger partial charge in [0.15, 0.2) is 5.96 Å². The highest BCUT2D eigenvalue weighted by Crippen LogP contribution is 2.20. The Hall–Kier alpha value is -1.61. The fourth-order valence-electron chi connectivity index (χ4n) is 1.98. The predicted molar refractivity (Wildman–Crippen MR) is 106 cm³/mol. The van der Waals surface area contributed by atoms with Crippen molar-refractivity contribution in [1.82, 2.24) is 10.6 Å². The second kappa shape index (κ2) is 9.76. The van der Waals surface area contributed by atoms with Crippen LogP contribution in [0.15, 0.2) is 27.7 Å². The molecular formula is C16H25BrN4O3S. The van der Waals surface area contributed by atoms with E-state index in [1.165, 1.54) is 6.26 Å². The van der Waals surface area contributed by atoms with Crippen LogP contribution in [0.3, 0.4) is 0 Å². The summed E-state index contributed by atoms with van der Waals surface area (Å²) < 4.78 is 23.3. The molecule has 0 aromatic heterocycles. The van der Waals surface area contributed by atoms with E-state index in [1.807, 2.05) is 32.0 Å². The molecule has 1 rings (SSSR count). The number of sulfone groups is 1. The van der Waals surface area contributed by atoms with Gasteiger partial charge in [-0.25, -0.2) is 8.42 Å². The first-order chi connectivity index (χ1) is 11.6. The van der Waals surface area contributed by atoms with Crippen LogP contribution in [0.2, 0.25) is 0 Å². The molecule has 0 fully saturated rings. The first kappa shape index (κ1) is 21.4. The minimum absolute atomic E-state index is 0.0461. The van der Waals surface area contributed by atoms with Gasteiger partial charge in [-0.15, -0.1) is 0 Å². The molecule has 0 aliphatic heterocycles. The third kappa shape index (κ3) is 8.87. The van der Waals surface area contributed by atoms with Gasteiger partial charge in [-0.1, -0.05) is 22.0 Å². The highest BCUT2D eigenvalue weighted by Gasteiger charge is 2.11. The van der Waals surface area contributed by atoms with E-state index < -0.39 is 9.84 Å². The minimum Gasteiger partial charge on any atom is -0.354 e. The number of aliphatic imine (C=N–C) groups is 1. The molecule has 0 spiro atoms. The molecule has 140 valence electrons. The monoisotopic (exact) mass is 432 g/mol. The largest absolute Gasteiger partial charge is 0.354 e. The summed E-state index contributed by atoms with van der Waals surface area (Å²) in [7, 11) is -1.41. The molecule has 0 aliphatic rings. The van der Waals surface area contributed by atoms with Gasteiger partial charge in [0, 0.05) is 29.5 Å². The molecule has 0 saturated heterocycles. The number of hydrogen-bond donors (Lipinski definition) is 3. The van der Waals surface area contributed by atoms with Crippen molar-refractivity contribution in [2.75, 3.05) is 30.9 Å². The lowest BCUT2D eigenvalue weighted by molar-refractivity contribution is -0.115. The Morgan fingerprint density at radius 3 is 2.64 bits per heavy atom. The number of hydrogen-bond acceptors (Lipinski definition) is 4. The van der Waals surface area contributed by atoms with Crippen LogP contribution in [-0.2, 0) is 14.6 Å². The van der Waals surface area contributed by atoms with Crippen molar-refractivity contribution in [2.24, 2.45) is 4.99 Å². The average molecular weight is 433 g/mol. The Bertz CT molecular complexity index is 735. The molecule has 0 aliphatic carbocycles. The van der Waals surface area contributed by atoms with Gasteiger partial charge < -0.3 is 16.0 Å². The van der Waals surface area contributed by atoms with E-state index in [9.17, 15) is 13.2 Å². The Kier molecular flexibility index (Phi) is 8.37. The average Bonchev–Trinajstić information content (AvgIpc) is 2.52. The minimum atomic E-state index is -3.00. The van der Waals surface area contributed by atoms with Gasteiger partial charge in [0.1, 0.15) is 9.84 Å². The second-order valence-electron chi connectivity index (χ2n) is 5.90. The Labute approximate surface area is 157 Å². The summed E-state index contributed by atoms with van der Waals surface area (Å²) >= 11 is 3.38. The second-order valence-corrected chi connectivity index (χ2v) is 9.07. The molecule has 0 heterocycles. The number of benzene rings is 1. The molecule has 1 unspecified atom stereocenters. The van der Waals surface area contributed by atoms with Gasteiger partial charge in [0.25, 0.3) is 0 Å². The van der Waals surface area contributed by atoms with Crippen molar-refractivity contribution >= 4 is 43.3 Å². The zero-order valence-electron chi connectivity index (χ0n) is 14.9. The lowest BCUT2D eigenvalue weighted by Crippen LogP contribution is -2.45. The predicted octanol–water partition coefficient (Wildman–Crippen LogP) is 1.68. The molecule has 7 nitrogen and oxygen atoms in total. The molecule has 25 heavy (non-hydrogen) atoms. The lowest BCUT2D eigenvalue weighted by Gasteiger charge is -2.17. The number of nitrogens with zero attached hydrogens (tertiary/aromatic N) is 1. The summed E-state index contributed by atoms with van der Waals surface area (Å²) in [6, 6.07) is 5.58. The van der Waals surface area contributed by atoms with E-state index in [0.717, 1.165) is 15.7 Å². The Balaban J connectivity index is 2.48. The molecule has 1 atom stereocenters. The number of carbonyl (C=O) groups excluding carboxylic acids is 1. The van der Waals surface area contributed by atoms with E-state index >= 15 is 0 Å². The normalized spacial score (nSPS) is 13.2. The summed E-state index contributed by atoms with van der Waals surface area (Å²) in [4.78, 5) is 16.1. The van der Waals surface area contributed by atoms with Gasteiger partial charge in [0.05, 0.1) is 12.3 Å². The van der Waals surface area contributed by atoms with E-state index in [1.54, 1.807) is 7.05 Å². The zero-order valence-corrected chi connectivity index (χ0v) is 17.3. The summed E-state index contributed by atoms with van der Waals surface area (Å²) in [6.45, 7) is 3.83. The number of halogens is 1. The van der Waals surface area contributed by atoms with Crippen LogP contribution < -0.4 is 16.0 Å². The third-order valence-electron chi connectivity index (χ3n) is 3.42. The van der Waals surface area contributed by atoms with Crippen molar-refractivity contribution in [2.45, 2.75) is 26.3 Å². The molecule has 0 radical (unpaired) electrons. The quantitative estimate of drug-likeness (QED) is 0.449. The van der Waals surface area contributed by atoms with E-state index in [2.05, 4.69) is 36.9 Å². The van der Waals surface area contributed by atoms with Crippen LogP contribution in [0.25, 0.3) is 0 Å². The zero-order chi connectivity index (χ0) is 19.0. The van der Waals surface area contributed by atoms with Crippen molar-refractivity contribution < 1.29 is 13.2 Å². The number of aryl methyl sites for hydroxylation is 1. The number of guanidine groups is 1. The number of rotatable bonds is 7. The molecule has 1 aromatic rings. The molecular weight excluding hydrogens is 408 g/mol. The van der Waals surface area contributed by atoms with Crippen LogP contribution in [0.1, 0.15) is 18.9 Å². The number of nitrogens with one attached hydrogen (secondary N) is 3. The topological polar surface area (TPSA) is 99.7 Å². The van der Waals surface area contributed by atoms with Crippen LogP contribution >= 0.6 is 15.9 Å². The fourth-order valence-corrected chi connectivity index (χ4v) is 3.12. The first-order valence-electron chi connectivity index (χ1n) is 7.81. The standard InChI is InChI=1S/C16H25BrN4O3S/c1-11-5-6-13(17)9-14(11)21-15(22)10-19-16(18-3)20-12(2)7-8-25(4,23)24/h5-6,9,12H,7-8,10H2,1-4H3,(H,21,22)(H2,18,19,20). The summed E-state index contributed by atoms with van der Waals surface area (Å²) in [5.74, 6) is 0.343. The maximum atomic E-state index is 12.1. The Morgan fingerprint density at radius 2 is 2.04 bits per heavy atom. The van der Waals surface area contributed by atoms with Crippen LogP contribution in [0.5, 0.6) is 0 Å². The number of anilines is 1. The third-order valence-corrected chi connectivity index (χ3v) is 4.89. The van der Waals surface area contributed by atoms with Crippen LogP contribution in [0.4, 0.5) is 5.69 Å². The Morgan fingerprint density at radius 1 is 1.36 bits per heavy atom. The smallest absolute Gasteiger partial charge is 0.243 e.